The number of nitrogens with one attached hydrogen (secondary N) is 1. The van der Waals surface area contributed by atoms with E-state index in [9.17, 15) is 0 Å². The summed E-state index contributed by atoms with van der Waals surface area (Å²) in [6.45, 7) is 0.853. The normalized spacial score (nSPS) is 27.1. The quantitative estimate of drug-likeness (QED) is 0.810. The van der Waals surface area contributed by atoms with Crippen molar-refractivity contribution in [1.82, 2.24) is 4.98 Å². The number of thiocarbonyl (C=S) groups is 1. The van der Waals surface area contributed by atoms with Crippen molar-refractivity contribution >= 4 is 22.9 Å². The van der Waals surface area contributed by atoms with Gasteiger partial charge in [-0.05, 0) is 37.3 Å². The van der Waals surface area contributed by atoms with Crippen LogP contribution < -0.4 is 11.1 Å². The molecular weight excluding hydrogens is 246 g/mol. The summed E-state index contributed by atoms with van der Waals surface area (Å²) in [6.07, 6.45) is 5.77. The van der Waals surface area contributed by atoms with Crippen molar-refractivity contribution < 1.29 is 4.74 Å². The van der Waals surface area contributed by atoms with Crippen molar-refractivity contribution in [2.75, 3.05) is 11.9 Å². The number of nitrogens with two attached hydrogens (primary N) is 1. The zero-order chi connectivity index (χ0) is 12.5. The molecule has 2 atom stereocenters. The smallest absolute Gasteiger partial charge is 0.122 e. The second-order valence-corrected chi connectivity index (χ2v) is 5.45. The monoisotopic (exact) mass is 263 g/mol. The van der Waals surface area contributed by atoms with E-state index in [1.54, 1.807) is 6.20 Å². The third-order valence-corrected chi connectivity index (χ3v) is 3.80. The molecule has 1 aromatic rings. The minimum atomic E-state index is 0.333. The van der Waals surface area contributed by atoms with Crippen LogP contribution in [0.15, 0.2) is 18.3 Å². The fourth-order valence-corrected chi connectivity index (χ4v) is 2.64. The van der Waals surface area contributed by atoms with Crippen molar-refractivity contribution in [3.05, 3.63) is 24.0 Å². The summed E-state index contributed by atoms with van der Waals surface area (Å²) in [5, 5.41) is 3.53. The summed E-state index contributed by atoms with van der Waals surface area (Å²) in [4.78, 5) is 4.48. The molecule has 2 heterocycles. The van der Waals surface area contributed by atoms with Crippen LogP contribution in [-0.4, -0.2) is 28.7 Å². The van der Waals surface area contributed by atoms with Gasteiger partial charge in [0.1, 0.15) is 4.99 Å². The Morgan fingerprint density at radius 2 is 2.28 bits per heavy atom. The Labute approximate surface area is 112 Å². The van der Waals surface area contributed by atoms with Gasteiger partial charge in [0.25, 0.3) is 0 Å². The van der Waals surface area contributed by atoms with Gasteiger partial charge in [0.2, 0.25) is 0 Å². The summed E-state index contributed by atoms with van der Waals surface area (Å²) in [5.74, 6) is 0.752. The van der Waals surface area contributed by atoms with Crippen LogP contribution in [0, 0.1) is 5.92 Å². The topological polar surface area (TPSA) is 60.2 Å². The van der Waals surface area contributed by atoms with E-state index in [0.29, 0.717) is 22.8 Å². The highest BCUT2D eigenvalue weighted by Gasteiger charge is 2.40. The van der Waals surface area contributed by atoms with E-state index in [-0.39, 0.29) is 0 Å². The van der Waals surface area contributed by atoms with Gasteiger partial charge in [0.15, 0.2) is 0 Å². The number of hydrogen-bond donors (Lipinski definition) is 2. The molecule has 0 aromatic carbocycles. The summed E-state index contributed by atoms with van der Waals surface area (Å²) in [6, 6.07) is 4.26. The van der Waals surface area contributed by atoms with Crippen LogP contribution in [0.5, 0.6) is 0 Å². The van der Waals surface area contributed by atoms with Gasteiger partial charge in [0.05, 0.1) is 17.8 Å². The fraction of sp³-hybridized carbons (Fsp3) is 0.538. The van der Waals surface area contributed by atoms with Crippen molar-refractivity contribution in [1.29, 1.82) is 0 Å². The molecule has 0 radical (unpaired) electrons. The lowest BCUT2D eigenvalue weighted by Gasteiger charge is -2.20. The summed E-state index contributed by atoms with van der Waals surface area (Å²) >= 11 is 4.94. The molecule has 2 aliphatic rings. The Kier molecular flexibility index (Phi) is 3.18. The van der Waals surface area contributed by atoms with Gasteiger partial charge in [0, 0.05) is 18.5 Å². The molecule has 4 nitrogen and oxygen atoms in total. The van der Waals surface area contributed by atoms with Crippen molar-refractivity contribution in [2.45, 2.75) is 31.4 Å². The third kappa shape index (κ3) is 2.47. The van der Waals surface area contributed by atoms with E-state index in [2.05, 4.69) is 10.3 Å². The molecule has 0 amide bonds. The zero-order valence-corrected chi connectivity index (χ0v) is 11.0. The number of pyridine rings is 1. The van der Waals surface area contributed by atoms with E-state index in [1.165, 1.54) is 12.8 Å². The number of hydrogen-bond acceptors (Lipinski definition) is 4. The lowest BCUT2D eigenvalue weighted by Crippen LogP contribution is -2.31. The zero-order valence-electron chi connectivity index (χ0n) is 10.1. The maximum atomic E-state index is 5.81. The molecule has 1 aliphatic carbocycles. The van der Waals surface area contributed by atoms with Crippen molar-refractivity contribution in [3.8, 4) is 0 Å². The van der Waals surface area contributed by atoms with E-state index < -0.39 is 0 Å². The highest BCUT2D eigenvalue weighted by molar-refractivity contribution is 7.80. The van der Waals surface area contributed by atoms with Crippen LogP contribution in [0.2, 0.25) is 0 Å². The Bertz CT molecular complexity index is 461. The first kappa shape index (κ1) is 11.9. The van der Waals surface area contributed by atoms with Crippen LogP contribution in [0.4, 0.5) is 5.69 Å². The molecule has 1 saturated heterocycles. The Morgan fingerprint density at radius 1 is 1.44 bits per heavy atom. The van der Waals surface area contributed by atoms with Crippen LogP contribution in [0.1, 0.15) is 25.0 Å². The van der Waals surface area contributed by atoms with Gasteiger partial charge in [-0.25, -0.2) is 0 Å². The average Bonchev–Trinajstić information content (AvgIpc) is 3.11. The van der Waals surface area contributed by atoms with Gasteiger partial charge in [-0.2, -0.15) is 0 Å². The Morgan fingerprint density at radius 3 is 3.00 bits per heavy atom. The predicted molar refractivity (Wildman–Crippen MR) is 74.6 cm³/mol. The van der Waals surface area contributed by atoms with E-state index in [0.717, 1.165) is 24.6 Å². The molecule has 0 spiro atoms. The van der Waals surface area contributed by atoms with Crippen molar-refractivity contribution in [3.63, 3.8) is 0 Å². The van der Waals surface area contributed by atoms with Crippen molar-refractivity contribution in [2.24, 2.45) is 11.7 Å². The SMILES string of the molecule is NC(=S)c1cc(NC2CCOC2C2CC2)ccn1. The maximum Gasteiger partial charge on any atom is 0.122 e. The van der Waals surface area contributed by atoms with E-state index >= 15 is 0 Å². The summed E-state index contributed by atoms with van der Waals surface area (Å²) < 4.78 is 5.81. The van der Waals surface area contributed by atoms with E-state index in [4.69, 9.17) is 22.7 Å². The number of anilines is 1. The van der Waals surface area contributed by atoms with Gasteiger partial charge >= 0.3 is 0 Å². The first-order chi connectivity index (χ1) is 8.74. The molecule has 1 aromatic heterocycles. The van der Waals surface area contributed by atoms with Crippen LogP contribution >= 0.6 is 12.2 Å². The first-order valence-electron chi connectivity index (χ1n) is 6.38. The number of rotatable bonds is 4. The first-order valence-corrected chi connectivity index (χ1v) is 6.79. The molecule has 18 heavy (non-hydrogen) atoms. The Balaban J connectivity index is 1.71. The number of aromatic nitrogens is 1. The summed E-state index contributed by atoms with van der Waals surface area (Å²) in [5.41, 5.74) is 7.28. The van der Waals surface area contributed by atoms with E-state index in [1.807, 2.05) is 12.1 Å². The lowest BCUT2D eigenvalue weighted by atomic mass is 10.1. The van der Waals surface area contributed by atoms with Gasteiger partial charge in [-0.3, -0.25) is 4.98 Å². The van der Waals surface area contributed by atoms with Crippen LogP contribution in [0.25, 0.3) is 0 Å². The van der Waals surface area contributed by atoms with Crippen LogP contribution in [-0.2, 0) is 4.74 Å². The Hall–Kier alpha value is -1.20. The molecule has 3 N–H and O–H groups in total. The van der Waals surface area contributed by atoms with Gasteiger partial charge < -0.3 is 15.8 Å². The number of nitrogens with zero attached hydrogens (tertiary/aromatic N) is 1. The molecule has 1 aliphatic heterocycles. The molecule has 1 saturated carbocycles. The molecule has 96 valence electrons. The summed E-state index contributed by atoms with van der Waals surface area (Å²) in [7, 11) is 0. The largest absolute Gasteiger partial charge is 0.388 e. The minimum absolute atomic E-state index is 0.333. The second-order valence-electron chi connectivity index (χ2n) is 5.01. The highest BCUT2D eigenvalue weighted by Crippen LogP contribution is 2.39. The molecule has 3 rings (SSSR count). The number of ether oxygens (including phenoxy) is 1. The average molecular weight is 263 g/mol. The van der Waals surface area contributed by atoms with Gasteiger partial charge in [-0.1, -0.05) is 12.2 Å². The minimum Gasteiger partial charge on any atom is -0.388 e. The molecule has 5 heteroatoms. The maximum absolute atomic E-state index is 5.81. The van der Waals surface area contributed by atoms with Crippen LogP contribution in [0.3, 0.4) is 0 Å². The van der Waals surface area contributed by atoms with Gasteiger partial charge in [-0.15, -0.1) is 0 Å². The molecule has 2 fully saturated rings. The predicted octanol–water partition coefficient (Wildman–Crippen LogP) is 1.70. The third-order valence-electron chi connectivity index (χ3n) is 3.59. The molecule has 0 bridgehead atoms. The lowest BCUT2D eigenvalue weighted by molar-refractivity contribution is 0.0898. The fourth-order valence-electron chi connectivity index (χ4n) is 2.52. The highest BCUT2D eigenvalue weighted by atomic mass is 32.1. The molecule has 2 unspecified atom stereocenters. The second kappa shape index (κ2) is 4.82. The standard InChI is InChI=1S/C13H17N3OS/c14-13(18)11-7-9(3-5-15-11)16-10-4-6-17-12(10)8-1-2-8/h3,5,7-8,10,12H,1-2,4,6H2,(H2,14,18)(H,15,16). The molecular formula is C13H17N3OS.